The lowest BCUT2D eigenvalue weighted by atomic mass is 9.95. The Morgan fingerprint density at radius 2 is 1.38 bits per heavy atom. The van der Waals surface area contributed by atoms with Gasteiger partial charge >= 0.3 is 0 Å². The highest BCUT2D eigenvalue weighted by atomic mass is 16.5. The molecule has 0 spiro atoms. The molecule has 1 saturated heterocycles. The van der Waals surface area contributed by atoms with E-state index in [0.717, 1.165) is 54.0 Å². The number of benzene rings is 2. The number of hydrogen-bond acceptors (Lipinski definition) is 6. The highest BCUT2D eigenvalue weighted by molar-refractivity contribution is 5.80. The first-order valence-corrected chi connectivity index (χ1v) is 11.3. The first-order chi connectivity index (χ1) is 16.5. The van der Waals surface area contributed by atoms with E-state index in [1.165, 1.54) is 5.69 Å². The predicted molar refractivity (Wildman–Crippen MR) is 134 cm³/mol. The Balaban J connectivity index is 1.62. The molecule has 4 rings (SSSR count). The summed E-state index contributed by atoms with van der Waals surface area (Å²) in [4.78, 5) is 20.3. The molecule has 1 amide bonds. The number of carbonyl (C=O) groups excluding carboxylic acids is 1. The SMILES string of the molecule is COc1cc(-c2cncc(-c3ccc(N4CCN(C(C)=O)CC4)cc3)c2C)cc(OC)c1OC. The molecule has 0 unspecified atom stereocenters. The molecule has 1 aliphatic heterocycles. The van der Waals surface area contributed by atoms with Crippen molar-refractivity contribution in [2.24, 2.45) is 0 Å². The van der Waals surface area contributed by atoms with E-state index < -0.39 is 0 Å². The fraction of sp³-hybridized carbons (Fsp3) is 0.333. The molecular weight excluding hydrogens is 430 g/mol. The predicted octanol–water partition coefficient (Wildman–Crippen LogP) is 4.42. The number of hydrogen-bond donors (Lipinski definition) is 0. The normalized spacial score (nSPS) is 13.6. The van der Waals surface area contributed by atoms with Crippen molar-refractivity contribution in [3.8, 4) is 39.5 Å². The van der Waals surface area contributed by atoms with E-state index >= 15 is 0 Å². The van der Waals surface area contributed by atoms with Gasteiger partial charge in [-0.1, -0.05) is 12.1 Å². The number of piperazine rings is 1. The van der Waals surface area contributed by atoms with E-state index in [-0.39, 0.29) is 5.91 Å². The quantitative estimate of drug-likeness (QED) is 0.542. The number of nitrogens with zero attached hydrogens (tertiary/aromatic N) is 3. The smallest absolute Gasteiger partial charge is 0.219 e. The molecule has 178 valence electrons. The highest BCUT2D eigenvalue weighted by Gasteiger charge is 2.20. The molecule has 1 fully saturated rings. The molecule has 0 bridgehead atoms. The van der Waals surface area contributed by atoms with Crippen LogP contribution < -0.4 is 19.1 Å². The van der Waals surface area contributed by atoms with Crippen LogP contribution in [-0.2, 0) is 4.79 Å². The number of ether oxygens (including phenoxy) is 3. The fourth-order valence-corrected chi connectivity index (χ4v) is 4.48. The van der Waals surface area contributed by atoms with Crippen molar-refractivity contribution >= 4 is 11.6 Å². The van der Waals surface area contributed by atoms with Gasteiger partial charge in [-0.2, -0.15) is 0 Å². The molecule has 7 heteroatoms. The van der Waals surface area contributed by atoms with Crippen LogP contribution in [0, 0.1) is 6.92 Å². The van der Waals surface area contributed by atoms with Crippen LogP contribution in [0.3, 0.4) is 0 Å². The van der Waals surface area contributed by atoms with Crippen molar-refractivity contribution in [2.75, 3.05) is 52.4 Å². The van der Waals surface area contributed by atoms with Crippen molar-refractivity contribution in [1.29, 1.82) is 0 Å². The van der Waals surface area contributed by atoms with Crippen molar-refractivity contribution in [1.82, 2.24) is 9.88 Å². The molecule has 0 N–H and O–H groups in total. The molecular formula is C27H31N3O4. The first kappa shape index (κ1) is 23.4. The van der Waals surface area contributed by atoms with Gasteiger partial charge in [-0.05, 0) is 47.9 Å². The molecule has 3 aromatic rings. The number of pyridine rings is 1. The van der Waals surface area contributed by atoms with Gasteiger partial charge in [-0.3, -0.25) is 9.78 Å². The van der Waals surface area contributed by atoms with E-state index in [4.69, 9.17) is 14.2 Å². The summed E-state index contributed by atoms with van der Waals surface area (Å²) in [6.45, 7) is 6.94. The second-order valence-corrected chi connectivity index (χ2v) is 8.31. The zero-order chi connectivity index (χ0) is 24.2. The number of amides is 1. The minimum Gasteiger partial charge on any atom is -0.493 e. The number of methoxy groups -OCH3 is 3. The Kier molecular flexibility index (Phi) is 6.91. The lowest BCUT2D eigenvalue weighted by Crippen LogP contribution is -2.48. The molecule has 34 heavy (non-hydrogen) atoms. The van der Waals surface area contributed by atoms with E-state index in [0.29, 0.717) is 17.2 Å². The van der Waals surface area contributed by atoms with E-state index in [9.17, 15) is 4.79 Å². The van der Waals surface area contributed by atoms with Crippen molar-refractivity contribution in [3.05, 3.63) is 54.4 Å². The first-order valence-electron chi connectivity index (χ1n) is 11.3. The molecule has 0 atom stereocenters. The summed E-state index contributed by atoms with van der Waals surface area (Å²) in [6, 6.07) is 12.4. The summed E-state index contributed by atoms with van der Waals surface area (Å²) in [5, 5.41) is 0. The van der Waals surface area contributed by atoms with Gasteiger partial charge < -0.3 is 24.0 Å². The largest absolute Gasteiger partial charge is 0.493 e. The Morgan fingerprint density at radius 1 is 0.824 bits per heavy atom. The Morgan fingerprint density at radius 3 is 1.88 bits per heavy atom. The monoisotopic (exact) mass is 461 g/mol. The lowest BCUT2D eigenvalue weighted by Gasteiger charge is -2.35. The van der Waals surface area contributed by atoms with E-state index in [1.54, 1.807) is 28.3 Å². The van der Waals surface area contributed by atoms with Crippen LogP contribution in [-0.4, -0.2) is 63.3 Å². The maximum absolute atomic E-state index is 11.6. The van der Waals surface area contributed by atoms with Gasteiger partial charge in [0.1, 0.15) is 0 Å². The van der Waals surface area contributed by atoms with Crippen LogP contribution in [0.4, 0.5) is 5.69 Å². The molecule has 0 radical (unpaired) electrons. The Hall–Kier alpha value is -3.74. The third-order valence-electron chi connectivity index (χ3n) is 6.46. The zero-order valence-corrected chi connectivity index (χ0v) is 20.4. The van der Waals surface area contributed by atoms with E-state index in [2.05, 4.69) is 41.1 Å². The summed E-state index contributed by atoms with van der Waals surface area (Å²) in [5.74, 6) is 1.92. The van der Waals surface area contributed by atoms with Crippen LogP contribution >= 0.6 is 0 Å². The second kappa shape index (κ2) is 10.0. The van der Waals surface area contributed by atoms with Crippen LogP contribution in [0.15, 0.2) is 48.8 Å². The molecule has 0 aliphatic carbocycles. The van der Waals surface area contributed by atoms with Gasteiger partial charge in [0, 0.05) is 62.3 Å². The van der Waals surface area contributed by atoms with Gasteiger partial charge in [-0.25, -0.2) is 0 Å². The zero-order valence-electron chi connectivity index (χ0n) is 20.4. The lowest BCUT2D eigenvalue weighted by molar-refractivity contribution is -0.129. The number of carbonyl (C=O) groups is 1. The molecule has 0 saturated carbocycles. The number of rotatable bonds is 6. The minimum absolute atomic E-state index is 0.143. The summed E-state index contributed by atoms with van der Waals surface area (Å²) in [5.41, 5.74) is 6.40. The van der Waals surface area contributed by atoms with E-state index in [1.807, 2.05) is 29.4 Å². The summed E-state index contributed by atoms with van der Waals surface area (Å²) < 4.78 is 16.5. The van der Waals surface area contributed by atoms with Crippen LogP contribution in [0.25, 0.3) is 22.3 Å². The van der Waals surface area contributed by atoms with Gasteiger partial charge in [0.05, 0.1) is 21.3 Å². The van der Waals surface area contributed by atoms with Crippen molar-refractivity contribution in [2.45, 2.75) is 13.8 Å². The van der Waals surface area contributed by atoms with Crippen LogP contribution in [0.5, 0.6) is 17.2 Å². The maximum Gasteiger partial charge on any atom is 0.219 e. The third-order valence-corrected chi connectivity index (χ3v) is 6.46. The van der Waals surface area contributed by atoms with Gasteiger partial charge in [0.15, 0.2) is 11.5 Å². The van der Waals surface area contributed by atoms with Crippen molar-refractivity contribution in [3.63, 3.8) is 0 Å². The van der Waals surface area contributed by atoms with Crippen LogP contribution in [0.2, 0.25) is 0 Å². The minimum atomic E-state index is 0.143. The average Bonchev–Trinajstić information content (AvgIpc) is 2.88. The highest BCUT2D eigenvalue weighted by Crippen LogP contribution is 2.42. The standard InChI is InChI=1S/C27H31N3O4/c1-18-23(20-6-8-22(9-7-20)30-12-10-29(11-13-30)19(2)31)16-28-17-24(18)21-14-25(32-3)27(34-5)26(15-21)33-4/h6-9,14-17H,10-13H2,1-5H3. The fourth-order valence-electron chi connectivity index (χ4n) is 4.48. The summed E-state index contributed by atoms with van der Waals surface area (Å²) >= 11 is 0. The number of aromatic nitrogens is 1. The Labute approximate surface area is 200 Å². The Bertz CT molecular complexity index is 1140. The van der Waals surface area contributed by atoms with Gasteiger partial charge in [0.2, 0.25) is 11.7 Å². The number of anilines is 1. The van der Waals surface area contributed by atoms with Crippen LogP contribution in [0.1, 0.15) is 12.5 Å². The summed E-state index contributed by atoms with van der Waals surface area (Å²) in [7, 11) is 4.83. The second-order valence-electron chi connectivity index (χ2n) is 8.31. The molecule has 7 nitrogen and oxygen atoms in total. The molecule has 1 aromatic heterocycles. The summed E-state index contributed by atoms with van der Waals surface area (Å²) in [6.07, 6.45) is 3.76. The van der Waals surface area contributed by atoms with Gasteiger partial charge in [-0.15, -0.1) is 0 Å². The van der Waals surface area contributed by atoms with Gasteiger partial charge in [0.25, 0.3) is 0 Å². The average molecular weight is 462 g/mol. The molecule has 2 heterocycles. The van der Waals surface area contributed by atoms with Crippen molar-refractivity contribution < 1.29 is 19.0 Å². The third kappa shape index (κ3) is 4.51. The molecule has 2 aromatic carbocycles. The topological polar surface area (TPSA) is 64.1 Å². The maximum atomic E-state index is 11.6. The molecule has 1 aliphatic rings.